The molecule has 7 heteroatoms. The number of halogens is 1. The van der Waals surface area contributed by atoms with Crippen LogP contribution in [-0.2, 0) is 11.3 Å². The van der Waals surface area contributed by atoms with E-state index in [1.54, 1.807) is 42.6 Å². The third-order valence-electron chi connectivity index (χ3n) is 3.32. The predicted molar refractivity (Wildman–Crippen MR) is 84.3 cm³/mol. The minimum atomic E-state index is -0.353. The SMILES string of the molecule is Cc1c(Cl)cccc1NC(=O)Cn1nc2ccccn2c1=O. The van der Waals surface area contributed by atoms with Crippen LogP contribution in [0.25, 0.3) is 5.65 Å². The van der Waals surface area contributed by atoms with E-state index in [9.17, 15) is 9.59 Å². The molecule has 3 aromatic rings. The highest BCUT2D eigenvalue weighted by Crippen LogP contribution is 2.22. The molecule has 3 rings (SSSR count). The Balaban J connectivity index is 1.83. The zero-order valence-corrected chi connectivity index (χ0v) is 12.5. The quantitative estimate of drug-likeness (QED) is 0.804. The van der Waals surface area contributed by atoms with E-state index in [0.29, 0.717) is 16.4 Å². The van der Waals surface area contributed by atoms with Gasteiger partial charge in [0.2, 0.25) is 5.91 Å². The Morgan fingerprint density at radius 3 is 2.86 bits per heavy atom. The lowest BCUT2D eigenvalue weighted by Crippen LogP contribution is -2.28. The van der Waals surface area contributed by atoms with Gasteiger partial charge in [-0.1, -0.05) is 23.7 Å². The molecule has 0 saturated carbocycles. The predicted octanol–water partition coefficient (Wildman–Crippen LogP) is 2.10. The van der Waals surface area contributed by atoms with Crippen LogP contribution >= 0.6 is 11.6 Å². The molecule has 0 aliphatic rings. The van der Waals surface area contributed by atoms with E-state index in [-0.39, 0.29) is 18.1 Å². The fraction of sp³-hybridized carbons (Fsp3) is 0.133. The summed E-state index contributed by atoms with van der Waals surface area (Å²) in [5.74, 6) is -0.337. The van der Waals surface area contributed by atoms with Gasteiger partial charge >= 0.3 is 5.69 Å². The van der Waals surface area contributed by atoms with Crippen LogP contribution < -0.4 is 11.0 Å². The van der Waals surface area contributed by atoms with Gasteiger partial charge in [-0.15, -0.1) is 5.10 Å². The van der Waals surface area contributed by atoms with Crippen molar-refractivity contribution in [1.82, 2.24) is 14.2 Å². The molecule has 2 aromatic heterocycles. The number of amides is 1. The standard InChI is InChI=1S/C15H13ClN4O2/c1-10-11(16)5-4-6-12(10)17-14(21)9-20-15(22)19-8-3-2-7-13(19)18-20/h2-8H,9H2,1H3,(H,17,21). The number of nitrogens with zero attached hydrogens (tertiary/aromatic N) is 3. The number of carbonyl (C=O) groups excluding carboxylic acids is 1. The molecule has 2 heterocycles. The molecule has 1 amide bonds. The fourth-order valence-electron chi connectivity index (χ4n) is 2.14. The molecule has 0 atom stereocenters. The van der Waals surface area contributed by atoms with Crippen LogP contribution in [0.4, 0.5) is 5.69 Å². The van der Waals surface area contributed by atoms with Gasteiger partial charge in [0.1, 0.15) is 6.54 Å². The molecule has 0 bridgehead atoms. The highest BCUT2D eigenvalue weighted by molar-refractivity contribution is 6.31. The molecular formula is C15H13ClN4O2. The number of pyridine rings is 1. The number of fused-ring (bicyclic) bond motifs is 1. The first-order valence-electron chi connectivity index (χ1n) is 6.65. The van der Waals surface area contributed by atoms with Gasteiger partial charge < -0.3 is 5.32 Å². The Kier molecular flexibility index (Phi) is 3.68. The number of hydrogen-bond acceptors (Lipinski definition) is 3. The molecule has 0 aliphatic heterocycles. The molecule has 0 aliphatic carbocycles. The van der Waals surface area contributed by atoms with Crippen molar-refractivity contribution in [3.8, 4) is 0 Å². The summed E-state index contributed by atoms with van der Waals surface area (Å²) >= 11 is 6.01. The number of carbonyl (C=O) groups is 1. The average Bonchev–Trinajstić information content (AvgIpc) is 2.81. The minimum Gasteiger partial charge on any atom is -0.324 e. The second kappa shape index (κ2) is 5.65. The van der Waals surface area contributed by atoms with Crippen LogP contribution in [0.3, 0.4) is 0 Å². The number of rotatable bonds is 3. The molecule has 0 unspecified atom stereocenters. The Hall–Kier alpha value is -2.60. The van der Waals surface area contributed by atoms with E-state index in [1.807, 2.05) is 6.92 Å². The first kappa shape index (κ1) is 14.3. The molecule has 22 heavy (non-hydrogen) atoms. The summed E-state index contributed by atoms with van der Waals surface area (Å²) in [5.41, 5.74) is 1.54. The third-order valence-corrected chi connectivity index (χ3v) is 3.73. The number of anilines is 1. The molecule has 1 aromatic carbocycles. The lowest BCUT2D eigenvalue weighted by Gasteiger charge is -2.08. The van der Waals surface area contributed by atoms with E-state index in [0.717, 1.165) is 10.2 Å². The van der Waals surface area contributed by atoms with Gasteiger partial charge in [0.15, 0.2) is 5.65 Å². The lowest BCUT2D eigenvalue weighted by molar-refractivity contribution is -0.117. The van der Waals surface area contributed by atoms with Crippen molar-refractivity contribution >= 4 is 28.8 Å². The second-order valence-electron chi connectivity index (χ2n) is 4.83. The highest BCUT2D eigenvalue weighted by atomic mass is 35.5. The summed E-state index contributed by atoms with van der Waals surface area (Å²) in [5, 5.41) is 7.42. The van der Waals surface area contributed by atoms with Crippen molar-refractivity contribution in [1.29, 1.82) is 0 Å². The van der Waals surface area contributed by atoms with Gasteiger partial charge in [0.25, 0.3) is 0 Å². The van der Waals surface area contributed by atoms with E-state index in [2.05, 4.69) is 10.4 Å². The Bertz CT molecular complexity index is 913. The molecule has 1 N–H and O–H groups in total. The van der Waals surface area contributed by atoms with Crippen molar-refractivity contribution in [2.75, 3.05) is 5.32 Å². The van der Waals surface area contributed by atoms with E-state index in [4.69, 9.17) is 11.6 Å². The number of hydrogen-bond donors (Lipinski definition) is 1. The maximum absolute atomic E-state index is 12.1. The third kappa shape index (κ3) is 2.60. The molecule has 112 valence electrons. The van der Waals surface area contributed by atoms with Crippen LogP contribution in [0.5, 0.6) is 0 Å². The smallest absolute Gasteiger partial charge is 0.324 e. The zero-order chi connectivity index (χ0) is 15.7. The summed E-state index contributed by atoms with van der Waals surface area (Å²) in [6, 6.07) is 10.5. The number of nitrogens with one attached hydrogen (secondary N) is 1. The first-order chi connectivity index (χ1) is 10.6. The largest absolute Gasteiger partial charge is 0.350 e. The van der Waals surface area contributed by atoms with Gasteiger partial charge in [0.05, 0.1) is 0 Å². The summed E-state index contributed by atoms with van der Waals surface area (Å²) in [4.78, 5) is 24.2. The number of benzene rings is 1. The van der Waals surface area contributed by atoms with Gasteiger partial charge in [-0.25, -0.2) is 9.48 Å². The Morgan fingerprint density at radius 2 is 2.09 bits per heavy atom. The fourth-order valence-corrected chi connectivity index (χ4v) is 2.31. The molecule has 0 saturated heterocycles. The number of aromatic nitrogens is 3. The minimum absolute atomic E-state index is 0.160. The molecule has 0 radical (unpaired) electrons. The van der Waals surface area contributed by atoms with Crippen molar-refractivity contribution in [2.24, 2.45) is 0 Å². The molecule has 0 spiro atoms. The monoisotopic (exact) mass is 316 g/mol. The van der Waals surface area contributed by atoms with Gasteiger partial charge in [-0.3, -0.25) is 9.20 Å². The average molecular weight is 317 g/mol. The van der Waals surface area contributed by atoms with Crippen LogP contribution in [0.1, 0.15) is 5.56 Å². The Labute approximate surface area is 130 Å². The molecular weight excluding hydrogens is 304 g/mol. The first-order valence-corrected chi connectivity index (χ1v) is 7.03. The molecule has 6 nitrogen and oxygen atoms in total. The van der Waals surface area contributed by atoms with Crippen molar-refractivity contribution in [2.45, 2.75) is 13.5 Å². The van der Waals surface area contributed by atoms with Gasteiger partial charge in [0, 0.05) is 16.9 Å². The normalized spacial score (nSPS) is 10.8. The highest BCUT2D eigenvalue weighted by Gasteiger charge is 2.11. The van der Waals surface area contributed by atoms with Crippen molar-refractivity contribution < 1.29 is 4.79 Å². The van der Waals surface area contributed by atoms with Crippen LogP contribution in [-0.4, -0.2) is 20.1 Å². The van der Waals surface area contributed by atoms with E-state index < -0.39 is 0 Å². The second-order valence-corrected chi connectivity index (χ2v) is 5.24. The maximum atomic E-state index is 12.1. The van der Waals surface area contributed by atoms with Crippen LogP contribution in [0.2, 0.25) is 5.02 Å². The lowest BCUT2D eigenvalue weighted by atomic mass is 10.2. The van der Waals surface area contributed by atoms with E-state index in [1.165, 1.54) is 4.40 Å². The topological polar surface area (TPSA) is 68.4 Å². The van der Waals surface area contributed by atoms with Crippen molar-refractivity contribution in [3.05, 3.63) is 63.7 Å². The van der Waals surface area contributed by atoms with Crippen molar-refractivity contribution in [3.63, 3.8) is 0 Å². The summed E-state index contributed by atoms with van der Waals surface area (Å²) < 4.78 is 2.52. The Morgan fingerprint density at radius 1 is 1.27 bits per heavy atom. The van der Waals surface area contributed by atoms with E-state index >= 15 is 0 Å². The zero-order valence-electron chi connectivity index (χ0n) is 11.8. The van der Waals surface area contributed by atoms with Gasteiger partial charge in [-0.05, 0) is 36.8 Å². The summed E-state index contributed by atoms with van der Waals surface area (Å²) in [6.07, 6.45) is 1.61. The van der Waals surface area contributed by atoms with Gasteiger partial charge in [-0.2, -0.15) is 0 Å². The maximum Gasteiger partial charge on any atom is 0.350 e. The van der Waals surface area contributed by atoms with Crippen LogP contribution in [0.15, 0.2) is 47.4 Å². The summed E-state index contributed by atoms with van der Waals surface area (Å²) in [7, 11) is 0. The summed E-state index contributed by atoms with van der Waals surface area (Å²) in [6.45, 7) is 1.65. The molecule has 0 fully saturated rings. The van der Waals surface area contributed by atoms with Crippen LogP contribution in [0, 0.1) is 6.92 Å².